The summed E-state index contributed by atoms with van der Waals surface area (Å²) in [7, 11) is 0. The van der Waals surface area contributed by atoms with E-state index in [9.17, 15) is 4.79 Å². The van der Waals surface area contributed by atoms with Gasteiger partial charge in [0.25, 0.3) is 5.56 Å². The lowest BCUT2D eigenvalue weighted by atomic mass is 10.0. The number of aromatic nitrogens is 1. The lowest BCUT2D eigenvalue weighted by Gasteiger charge is -2.17. The summed E-state index contributed by atoms with van der Waals surface area (Å²) in [5.41, 5.74) is 4.10. The largest absolute Gasteiger partial charge is 0.382 e. The third kappa shape index (κ3) is 2.22. The number of aliphatic imine (C=N–C) groups is 1. The van der Waals surface area contributed by atoms with Crippen LogP contribution in [-0.4, -0.2) is 22.9 Å². The predicted octanol–water partition coefficient (Wildman–Crippen LogP) is 3.61. The summed E-state index contributed by atoms with van der Waals surface area (Å²) in [6.07, 6.45) is 0. The standard InChI is InChI=1S/C20H19N3O/c1-13-12-21-19-16-10-6-7-11-17(16)23(15-8-4-3-5-9-15)20(24)18(19)14(2)22-13/h3-11,13,21H,12H2,1-2H3/t13-/m1/s1. The molecule has 1 aliphatic heterocycles. The number of para-hydroxylation sites is 2. The summed E-state index contributed by atoms with van der Waals surface area (Å²) in [6, 6.07) is 17.9. The van der Waals surface area contributed by atoms with Crippen LogP contribution in [0.4, 0.5) is 5.69 Å². The van der Waals surface area contributed by atoms with E-state index in [-0.39, 0.29) is 11.6 Å². The lowest BCUT2D eigenvalue weighted by molar-refractivity contribution is 0.788. The first-order chi connectivity index (χ1) is 11.7. The molecule has 2 heterocycles. The Balaban J connectivity index is 2.17. The van der Waals surface area contributed by atoms with Crippen LogP contribution in [0.1, 0.15) is 19.4 Å². The molecule has 24 heavy (non-hydrogen) atoms. The number of nitrogens with one attached hydrogen (secondary N) is 1. The molecule has 120 valence electrons. The topological polar surface area (TPSA) is 46.4 Å². The normalized spacial score (nSPS) is 16.9. The molecule has 1 atom stereocenters. The number of hydrogen-bond donors (Lipinski definition) is 1. The SMILES string of the molecule is CC1=N[C@H](C)CNc2c1c(=O)n(-c1ccccc1)c1ccccc21. The molecule has 0 amide bonds. The van der Waals surface area contributed by atoms with Crippen molar-refractivity contribution in [2.75, 3.05) is 11.9 Å². The molecule has 4 nitrogen and oxygen atoms in total. The minimum atomic E-state index is -0.0299. The number of benzene rings is 2. The molecule has 1 N–H and O–H groups in total. The van der Waals surface area contributed by atoms with E-state index in [1.807, 2.05) is 55.5 Å². The molecule has 1 aromatic heterocycles. The van der Waals surface area contributed by atoms with Gasteiger partial charge in [-0.15, -0.1) is 0 Å². The first kappa shape index (κ1) is 14.7. The van der Waals surface area contributed by atoms with Crippen molar-refractivity contribution < 1.29 is 0 Å². The predicted molar refractivity (Wildman–Crippen MR) is 99.7 cm³/mol. The molecule has 0 spiro atoms. The number of nitrogens with zero attached hydrogens (tertiary/aromatic N) is 2. The Morgan fingerprint density at radius 3 is 2.58 bits per heavy atom. The molecular weight excluding hydrogens is 298 g/mol. The van der Waals surface area contributed by atoms with E-state index >= 15 is 0 Å². The molecule has 2 aromatic carbocycles. The van der Waals surface area contributed by atoms with Gasteiger partial charge in [0.15, 0.2) is 0 Å². The third-order valence-corrected chi connectivity index (χ3v) is 4.45. The van der Waals surface area contributed by atoms with Crippen molar-refractivity contribution in [3.05, 3.63) is 70.5 Å². The molecule has 3 aromatic rings. The average molecular weight is 317 g/mol. The summed E-state index contributed by atoms with van der Waals surface area (Å²) >= 11 is 0. The van der Waals surface area contributed by atoms with Crippen molar-refractivity contribution >= 4 is 22.3 Å². The monoisotopic (exact) mass is 317 g/mol. The Morgan fingerprint density at radius 1 is 1.08 bits per heavy atom. The van der Waals surface area contributed by atoms with Crippen LogP contribution in [-0.2, 0) is 0 Å². The van der Waals surface area contributed by atoms with Crippen LogP contribution in [0.3, 0.4) is 0 Å². The van der Waals surface area contributed by atoms with Crippen molar-refractivity contribution in [3.8, 4) is 5.69 Å². The van der Waals surface area contributed by atoms with E-state index in [0.717, 1.165) is 34.5 Å². The zero-order valence-corrected chi connectivity index (χ0v) is 13.8. The third-order valence-electron chi connectivity index (χ3n) is 4.45. The number of anilines is 1. The van der Waals surface area contributed by atoms with Crippen LogP contribution in [0.15, 0.2) is 64.4 Å². The lowest BCUT2D eigenvalue weighted by Crippen LogP contribution is -2.26. The van der Waals surface area contributed by atoms with E-state index in [1.54, 1.807) is 4.57 Å². The van der Waals surface area contributed by atoms with Crippen LogP contribution in [0.5, 0.6) is 0 Å². The van der Waals surface area contributed by atoms with Crippen molar-refractivity contribution in [3.63, 3.8) is 0 Å². The van der Waals surface area contributed by atoms with Crippen LogP contribution in [0.25, 0.3) is 16.6 Å². The van der Waals surface area contributed by atoms with Crippen LogP contribution in [0.2, 0.25) is 0 Å². The Morgan fingerprint density at radius 2 is 1.79 bits per heavy atom. The first-order valence-corrected chi connectivity index (χ1v) is 8.18. The molecule has 4 heteroatoms. The van der Waals surface area contributed by atoms with Gasteiger partial charge in [0.1, 0.15) is 0 Å². The molecule has 0 aliphatic carbocycles. The van der Waals surface area contributed by atoms with Gasteiger partial charge in [0, 0.05) is 23.3 Å². The second kappa shape index (κ2) is 5.64. The summed E-state index contributed by atoms with van der Waals surface area (Å²) in [6.45, 7) is 4.71. The highest BCUT2D eigenvalue weighted by atomic mass is 16.1. The van der Waals surface area contributed by atoms with Gasteiger partial charge in [-0.3, -0.25) is 14.4 Å². The maximum atomic E-state index is 13.3. The van der Waals surface area contributed by atoms with Crippen molar-refractivity contribution in [2.45, 2.75) is 19.9 Å². The van der Waals surface area contributed by atoms with Gasteiger partial charge in [-0.1, -0.05) is 36.4 Å². The summed E-state index contributed by atoms with van der Waals surface area (Å²) in [4.78, 5) is 18.0. The van der Waals surface area contributed by atoms with Gasteiger partial charge in [-0.05, 0) is 32.0 Å². The van der Waals surface area contributed by atoms with Crippen molar-refractivity contribution in [1.29, 1.82) is 0 Å². The van der Waals surface area contributed by atoms with Gasteiger partial charge < -0.3 is 5.32 Å². The molecule has 0 saturated carbocycles. The van der Waals surface area contributed by atoms with Gasteiger partial charge in [0.2, 0.25) is 0 Å². The Kier molecular flexibility index (Phi) is 3.45. The molecule has 0 unspecified atom stereocenters. The maximum absolute atomic E-state index is 13.3. The zero-order chi connectivity index (χ0) is 16.7. The number of rotatable bonds is 1. The summed E-state index contributed by atoms with van der Waals surface area (Å²) < 4.78 is 1.78. The second-order valence-corrected chi connectivity index (χ2v) is 6.19. The molecule has 1 aliphatic rings. The fraction of sp³-hybridized carbons (Fsp3) is 0.200. The molecule has 0 bridgehead atoms. The van der Waals surface area contributed by atoms with E-state index in [1.165, 1.54) is 0 Å². The summed E-state index contributed by atoms with van der Waals surface area (Å²) in [5, 5.41) is 4.48. The number of pyridine rings is 1. The quantitative estimate of drug-likeness (QED) is 0.745. The van der Waals surface area contributed by atoms with Crippen LogP contribution >= 0.6 is 0 Å². The highest BCUT2D eigenvalue weighted by Gasteiger charge is 2.22. The zero-order valence-electron chi connectivity index (χ0n) is 13.8. The fourth-order valence-corrected chi connectivity index (χ4v) is 3.39. The Hall–Kier alpha value is -2.88. The second-order valence-electron chi connectivity index (χ2n) is 6.19. The van der Waals surface area contributed by atoms with Crippen molar-refractivity contribution in [1.82, 2.24) is 4.57 Å². The average Bonchev–Trinajstić information content (AvgIpc) is 2.74. The minimum absolute atomic E-state index is 0.0299. The van der Waals surface area contributed by atoms with Crippen LogP contribution in [0, 0.1) is 0 Å². The van der Waals surface area contributed by atoms with Gasteiger partial charge in [-0.2, -0.15) is 0 Å². The highest BCUT2D eigenvalue weighted by Crippen LogP contribution is 2.29. The molecular formula is C20H19N3O. The smallest absolute Gasteiger partial charge is 0.266 e. The Bertz CT molecular complexity index is 1000. The van der Waals surface area contributed by atoms with Gasteiger partial charge in [0.05, 0.1) is 22.8 Å². The summed E-state index contributed by atoms with van der Waals surface area (Å²) in [5.74, 6) is 0. The molecule has 4 rings (SSSR count). The van der Waals surface area contributed by atoms with E-state index in [4.69, 9.17) is 0 Å². The highest BCUT2D eigenvalue weighted by molar-refractivity contribution is 6.10. The minimum Gasteiger partial charge on any atom is -0.382 e. The van der Waals surface area contributed by atoms with Crippen molar-refractivity contribution in [2.24, 2.45) is 4.99 Å². The van der Waals surface area contributed by atoms with Gasteiger partial charge >= 0.3 is 0 Å². The first-order valence-electron chi connectivity index (χ1n) is 8.18. The van der Waals surface area contributed by atoms with E-state index in [0.29, 0.717) is 5.56 Å². The molecule has 0 fully saturated rings. The van der Waals surface area contributed by atoms with E-state index in [2.05, 4.69) is 23.3 Å². The van der Waals surface area contributed by atoms with Crippen LogP contribution < -0.4 is 10.9 Å². The van der Waals surface area contributed by atoms with Gasteiger partial charge in [-0.25, -0.2) is 0 Å². The molecule has 0 radical (unpaired) electrons. The molecule has 0 saturated heterocycles. The number of fused-ring (bicyclic) bond motifs is 3. The Labute approximate surface area is 140 Å². The fourth-order valence-electron chi connectivity index (χ4n) is 3.39. The number of hydrogen-bond acceptors (Lipinski definition) is 3. The van der Waals surface area contributed by atoms with E-state index < -0.39 is 0 Å². The maximum Gasteiger partial charge on any atom is 0.266 e.